The van der Waals surface area contributed by atoms with Crippen LogP contribution in [0.1, 0.15) is 60.5 Å². The molecule has 0 radical (unpaired) electrons. The fraction of sp³-hybridized carbons (Fsp3) is 0.500. The first-order valence-electron chi connectivity index (χ1n) is 9.56. The number of aromatic nitrogens is 1. The predicted molar refractivity (Wildman–Crippen MR) is 109 cm³/mol. The van der Waals surface area contributed by atoms with Crippen molar-refractivity contribution in [3.8, 4) is 0 Å². The minimum atomic E-state index is -3.47. The molecule has 0 saturated heterocycles. The molecule has 27 heavy (non-hydrogen) atoms. The topological polar surface area (TPSA) is 76.1 Å². The number of thiazole rings is 1. The second kappa shape index (κ2) is 8.52. The number of nitrogens with zero attached hydrogens (tertiary/aromatic N) is 1. The van der Waals surface area contributed by atoms with E-state index in [2.05, 4.69) is 17.2 Å². The van der Waals surface area contributed by atoms with Crippen LogP contribution in [-0.4, -0.2) is 25.1 Å². The van der Waals surface area contributed by atoms with Gasteiger partial charge in [0.15, 0.2) is 15.0 Å². The molecule has 146 valence electrons. The van der Waals surface area contributed by atoms with Gasteiger partial charge in [0, 0.05) is 4.88 Å². The molecule has 1 aromatic carbocycles. The average Bonchev–Trinajstić information content (AvgIpc) is 3.03. The summed E-state index contributed by atoms with van der Waals surface area (Å²) in [5.41, 5.74) is 1.26. The highest BCUT2D eigenvalue weighted by Gasteiger charge is 2.25. The van der Waals surface area contributed by atoms with Gasteiger partial charge < -0.3 is 0 Å². The Labute approximate surface area is 165 Å². The third kappa shape index (κ3) is 4.58. The van der Waals surface area contributed by atoms with Crippen LogP contribution in [0.3, 0.4) is 0 Å². The number of nitrogens with one attached hydrogen (secondary N) is 1. The van der Waals surface area contributed by atoms with Crippen molar-refractivity contribution in [1.29, 1.82) is 0 Å². The number of carbonyl (C=O) groups is 1. The molecule has 1 aliphatic rings. The highest BCUT2D eigenvalue weighted by molar-refractivity contribution is 7.91. The van der Waals surface area contributed by atoms with Crippen molar-refractivity contribution < 1.29 is 13.2 Å². The first-order chi connectivity index (χ1) is 12.9. The molecule has 1 aliphatic carbocycles. The van der Waals surface area contributed by atoms with Crippen molar-refractivity contribution in [1.82, 2.24) is 4.98 Å². The van der Waals surface area contributed by atoms with Crippen LogP contribution >= 0.6 is 11.3 Å². The first kappa shape index (κ1) is 20.0. The summed E-state index contributed by atoms with van der Waals surface area (Å²) < 4.78 is 24.9. The van der Waals surface area contributed by atoms with Crippen LogP contribution in [0.15, 0.2) is 29.2 Å². The molecule has 1 N–H and O–H groups in total. The molecular formula is C20H26N2O3S2. The molecule has 1 atom stereocenters. The summed E-state index contributed by atoms with van der Waals surface area (Å²) in [6.07, 6.45) is 6.05. The Morgan fingerprint density at radius 3 is 2.78 bits per heavy atom. The van der Waals surface area contributed by atoms with Crippen molar-refractivity contribution >= 4 is 32.2 Å². The van der Waals surface area contributed by atoms with Crippen LogP contribution < -0.4 is 5.32 Å². The quantitative estimate of drug-likeness (QED) is 0.735. The van der Waals surface area contributed by atoms with Gasteiger partial charge in [0.25, 0.3) is 5.91 Å². The minimum Gasteiger partial charge on any atom is -0.298 e. The van der Waals surface area contributed by atoms with Gasteiger partial charge in [-0.2, -0.15) is 0 Å². The fourth-order valence-corrected chi connectivity index (χ4v) is 6.28. The number of carbonyl (C=O) groups excluding carboxylic acids is 1. The van der Waals surface area contributed by atoms with E-state index in [-0.39, 0.29) is 16.2 Å². The van der Waals surface area contributed by atoms with Crippen LogP contribution in [0.2, 0.25) is 0 Å². The van der Waals surface area contributed by atoms with Crippen molar-refractivity contribution in [2.45, 2.75) is 57.3 Å². The Morgan fingerprint density at radius 2 is 2.04 bits per heavy atom. The third-order valence-electron chi connectivity index (χ3n) is 4.90. The number of anilines is 1. The number of amides is 1. The van der Waals surface area contributed by atoms with E-state index in [9.17, 15) is 13.2 Å². The van der Waals surface area contributed by atoms with Crippen molar-refractivity contribution in [2.75, 3.05) is 11.1 Å². The van der Waals surface area contributed by atoms with Crippen LogP contribution in [0.25, 0.3) is 0 Å². The van der Waals surface area contributed by atoms with E-state index in [4.69, 9.17) is 0 Å². The Bertz CT molecular complexity index is 919. The minimum absolute atomic E-state index is 0.0294. The zero-order chi connectivity index (χ0) is 19.4. The Morgan fingerprint density at radius 1 is 1.26 bits per heavy atom. The largest absolute Gasteiger partial charge is 0.298 e. The smallest absolute Gasteiger partial charge is 0.258 e. The van der Waals surface area contributed by atoms with Gasteiger partial charge in [-0.05, 0) is 43.7 Å². The van der Waals surface area contributed by atoms with E-state index in [1.54, 1.807) is 18.2 Å². The summed E-state index contributed by atoms with van der Waals surface area (Å²) in [5.74, 6) is 0.315. The molecule has 0 bridgehead atoms. The molecule has 2 aromatic rings. The summed E-state index contributed by atoms with van der Waals surface area (Å²) in [6.45, 7) is 4.02. The first-order valence-corrected chi connectivity index (χ1v) is 12.0. The predicted octanol–water partition coefficient (Wildman–Crippen LogP) is 4.48. The lowest BCUT2D eigenvalue weighted by Gasteiger charge is -2.19. The van der Waals surface area contributed by atoms with Gasteiger partial charge in [-0.25, -0.2) is 13.4 Å². The van der Waals surface area contributed by atoms with Gasteiger partial charge in [-0.1, -0.05) is 38.8 Å². The molecule has 5 nitrogen and oxygen atoms in total. The maximum Gasteiger partial charge on any atom is 0.258 e. The molecule has 1 heterocycles. The van der Waals surface area contributed by atoms with Crippen LogP contribution in [-0.2, 0) is 22.7 Å². The van der Waals surface area contributed by atoms with Gasteiger partial charge in [-0.3, -0.25) is 10.1 Å². The molecule has 1 amide bonds. The number of sulfone groups is 1. The summed E-state index contributed by atoms with van der Waals surface area (Å²) in [4.78, 5) is 18.7. The van der Waals surface area contributed by atoms with E-state index < -0.39 is 15.7 Å². The Balaban J connectivity index is 1.80. The van der Waals surface area contributed by atoms with Gasteiger partial charge in [0.05, 0.1) is 21.9 Å². The number of rotatable bonds is 7. The number of fused-ring (bicyclic) bond motifs is 1. The molecule has 0 saturated carbocycles. The van der Waals surface area contributed by atoms with Crippen molar-refractivity contribution in [3.05, 3.63) is 40.4 Å². The lowest BCUT2D eigenvalue weighted by atomic mass is 9.88. The molecule has 7 heteroatoms. The maximum atomic E-state index is 12.8. The van der Waals surface area contributed by atoms with E-state index in [0.29, 0.717) is 17.5 Å². The standard InChI is InChI=1S/C20H26N2O3S2/c1-3-7-14-10-11-16-17(13-14)26-20(21-16)22-19(23)15-8-5-6-9-18(15)27(24,25)12-4-2/h5-6,8-9,14H,3-4,7,10-13H2,1-2H3,(H,21,22,23). The number of benzene rings is 1. The van der Waals surface area contributed by atoms with Crippen LogP contribution in [0.5, 0.6) is 0 Å². The lowest BCUT2D eigenvalue weighted by Crippen LogP contribution is -2.17. The maximum absolute atomic E-state index is 12.8. The van der Waals surface area contributed by atoms with E-state index in [1.165, 1.54) is 35.1 Å². The summed E-state index contributed by atoms with van der Waals surface area (Å²) in [6, 6.07) is 6.39. The number of aryl methyl sites for hydroxylation is 1. The van der Waals surface area contributed by atoms with Crippen LogP contribution in [0, 0.1) is 5.92 Å². The Hall–Kier alpha value is -1.73. The molecule has 0 aliphatic heterocycles. The van der Waals surface area contributed by atoms with Crippen molar-refractivity contribution in [3.63, 3.8) is 0 Å². The van der Waals surface area contributed by atoms with E-state index in [0.717, 1.165) is 25.0 Å². The summed E-state index contributed by atoms with van der Waals surface area (Å²) >= 11 is 1.52. The number of hydrogen-bond acceptors (Lipinski definition) is 5. The summed E-state index contributed by atoms with van der Waals surface area (Å²) in [5, 5.41) is 3.38. The monoisotopic (exact) mass is 406 g/mol. The van der Waals surface area contributed by atoms with Gasteiger partial charge in [0.1, 0.15) is 0 Å². The van der Waals surface area contributed by atoms with E-state index >= 15 is 0 Å². The summed E-state index contributed by atoms with van der Waals surface area (Å²) in [7, 11) is -3.47. The molecule has 3 rings (SSSR count). The molecule has 1 aromatic heterocycles. The van der Waals surface area contributed by atoms with E-state index in [1.807, 2.05) is 6.92 Å². The van der Waals surface area contributed by atoms with Gasteiger partial charge in [-0.15, -0.1) is 11.3 Å². The van der Waals surface area contributed by atoms with Gasteiger partial charge in [0.2, 0.25) is 0 Å². The second-order valence-corrected chi connectivity index (χ2v) is 10.2. The molecule has 0 fully saturated rings. The Kier molecular flexibility index (Phi) is 6.32. The zero-order valence-electron chi connectivity index (χ0n) is 15.8. The lowest BCUT2D eigenvalue weighted by molar-refractivity contribution is 0.102. The highest BCUT2D eigenvalue weighted by atomic mass is 32.2. The normalized spacial score (nSPS) is 16.7. The molecular weight excluding hydrogens is 380 g/mol. The zero-order valence-corrected chi connectivity index (χ0v) is 17.5. The van der Waals surface area contributed by atoms with Crippen molar-refractivity contribution in [2.24, 2.45) is 5.92 Å². The SMILES string of the molecule is CCCC1CCc2nc(NC(=O)c3ccccc3S(=O)(=O)CCC)sc2C1. The molecule has 0 spiro atoms. The van der Waals surface area contributed by atoms with Gasteiger partial charge >= 0.3 is 0 Å². The second-order valence-electron chi connectivity index (χ2n) is 7.06. The highest BCUT2D eigenvalue weighted by Crippen LogP contribution is 2.34. The molecule has 1 unspecified atom stereocenters. The fourth-order valence-electron chi connectivity index (χ4n) is 3.62. The average molecular weight is 407 g/mol. The van der Waals surface area contributed by atoms with Crippen LogP contribution in [0.4, 0.5) is 5.13 Å². The number of hydrogen-bond donors (Lipinski definition) is 1. The third-order valence-corrected chi connectivity index (χ3v) is 7.91.